The Labute approximate surface area is 59.6 Å². The number of nitrogens with zero attached hydrogens (tertiary/aromatic N) is 1. The van der Waals surface area contributed by atoms with Gasteiger partial charge in [-0.25, -0.2) is 0 Å². The molecule has 0 radical (unpaired) electrons. The van der Waals surface area contributed by atoms with Crippen molar-refractivity contribution < 1.29 is 4.79 Å². The molecule has 1 saturated heterocycles. The topological polar surface area (TPSA) is 20.3 Å². The molecule has 1 aliphatic rings. The lowest BCUT2D eigenvalue weighted by atomic mass is 10.4. The fourth-order valence-electron chi connectivity index (χ4n) is 0.852. The van der Waals surface area contributed by atoms with E-state index in [0.717, 1.165) is 12.4 Å². The van der Waals surface area contributed by atoms with E-state index in [2.05, 4.69) is 6.92 Å². The summed E-state index contributed by atoms with van der Waals surface area (Å²) < 4.78 is 0. The van der Waals surface area contributed by atoms with Crippen LogP contribution in [-0.2, 0) is 4.79 Å². The summed E-state index contributed by atoms with van der Waals surface area (Å²) >= 11 is 1.84. The van der Waals surface area contributed by atoms with Crippen LogP contribution in [0.3, 0.4) is 0 Å². The highest BCUT2D eigenvalue weighted by Crippen LogP contribution is 2.21. The highest BCUT2D eigenvalue weighted by atomic mass is 32.2. The van der Waals surface area contributed by atoms with Crippen molar-refractivity contribution in [2.45, 2.75) is 19.1 Å². The van der Waals surface area contributed by atoms with E-state index >= 15 is 0 Å². The maximum absolute atomic E-state index is 10.7. The van der Waals surface area contributed by atoms with Gasteiger partial charge in [0.25, 0.3) is 0 Å². The summed E-state index contributed by atoms with van der Waals surface area (Å²) in [5, 5.41) is 0.633. The van der Waals surface area contributed by atoms with Gasteiger partial charge in [0.2, 0.25) is 5.91 Å². The second-order valence-corrected chi connectivity index (χ2v) is 3.74. The summed E-state index contributed by atoms with van der Waals surface area (Å²) in [6.45, 7) is 4.70. The molecular formula is C6H11NOS. The van der Waals surface area contributed by atoms with Gasteiger partial charge in [-0.05, 0) is 0 Å². The van der Waals surface area contributed by atoms with Crippen molar-refractivity contribution in [3.8, 4) is 0 Å². The lowest BCUT2D eigenvalue weighted by Gasteiger charge is -2.10. The fraction of sp³-hybridized carbons (Fsp3) is 0.833. The minimum atomic E-state index is 0.201. The van der Waals surface area contributed by atoms with Gasteiger partial charge in [-0.1, -0.05) is 6.92 Å². The molecule has 1 rings (SSSR count). The molecule has 0 aromatic carbocycles. The van der Waals surface area contributed by atoms with Crippen LogP contribution in [0.1, 0.15) is 13.8 Å². The fourth-order valence-corrected chi connectivity index (χ4v) is 1.86. The predicted octanol–water partition coefficient (Wildman–Crippen LogP) is 0.928. The molecular weight excluding hydrogens is 134 g/mol. The van der Waals surface area contributed by atoms with Crippen LogP contribution in [0, 0.1) is 0 Å². The van der Waals surface area contributed by atoms with Crippen LogP contribution in [0.15, 0.2) is 0 Å². The Balaban J connectivity index is 2.39. The van der Waals surface area contributed by atoms with E-state index in [4.69, 9.17) is 0 Å². The van der Waals surface area contributed by atoms with E-state index in [-0.39, 0.29) is 5.91 Å². The third kappa shape index (κ3) is 1.61. The molecule has 0 bridgehead atoms. The monoisotopic (exact) mass is 145 g/mol. The summed E-state index contributed by atoms with van der Waals surface area (Å²) in [4.78, 5) is 12.6. The zero-order chi connectivity index (χ0) is 6.85. The minimum absolute atomic E-state index is 0.201. The summed E-state index contributed by atoms with van der Waals surface area (Å²) in [6, 6.07) is 0. The Morgan fingerprint density at radius 3 is 2.67 bits per heavy atom. The number of hydrogen-bond donors (Lipinski definition) is 0. The third-order valence-corrected chi connectivity index (χ3v) is 2.62. The molecule has 0 saturated carbocycles. The van der Waals surface area contributed by atoms with Gasteiger partial charge in [-0.15, -0.1) is 11.8 Å². The first kappa shape index (κ1) is 6.93. The quantitative estimate of drug-likeness (QED) is 0.505. The van der Waals surface area contributed by atoms with Crippen molar-refractivity contribution in [3.05, 3.63) is 0 Å². The Bertz CT molecular complexity index is 126. The summed E-state index contributed by atoms with van der Waals surface area (Å²) in [6.07, 6.45) is 0. The van der Waals surface area contributed by atoms with E-state index in [0.29, 0.717) is 5.25 Å². The first-order valence-electron chi connectivity index (χ1n) is 3.07. The Morgan fingerprint density at radius 1 is 1.78 bits per heavy atom. The van der Waals surface area contributed by atoms with Gasteiger partial charge in [-0.2, -0.15) is 0 Å². The molecule has 1 heterocycles. The molecule has 1 unspecified atom stereocenters. The second-order valence-electron chi connectivity index (χ2n) is 2.35. The Kier molecular flexibility index (Phi) is 2.01. The molecule has 1 atom stereocenters. The van der Waals surface area contributed by atoms with Crippen molar-refractivity contribution in [1.29, 1.82) is 0 Å². The van der Waals surface area contributed by atoms with E-state index in [1.807, 2.05) is 16.7 Å². The maximum atomic E-state index is 10.7. The average Bonchev–Trinajstić information content (AvgIpc) is 2.14. The van der Waals surface area contributed by atoms with Crippen LogP contribution >= 0.6 is 11.8 Å². The van der Waals surface area contributed by atoms with Crippen LogP contribution in [0.25, 0.3) is 0 Å². The minimum Gasteiger partial charge on any atom is -0.333 e. The van der Waals surface area contributed by atoms with Gasteiger partial charge in [-0.3, -0.25) is 4.79 Å². The molecule has 0 aromatic heterocycles. The Morgan fingerprint density at radius 2 is 2.44 bits per heavy atom. The van der Waals surface area contributed by atoms with Crippen LogP contribution in [0.4, 0.5) is 0 Å². The molecule has 1 fully saturated rings. The van der Waals surface area contributed by atoms with Gasteiger partial charge in [0.05, 0.1) is 5.88 Å². The number of amides is 1. The average molecular weight is 145 g/mol. The van der Waals surface area contributed by atoms with Gasteiger partial charge in [0, 0.05) is 18.7 Å². The zero-order valence-electron chi connectivity index (χ0n) is 5.76. The standard InChI is InChI=1S/C6H11NOS/c1-5-3-7(4-9-5)6(2)8/h5H,3-4H2,1-2H3. The first-order chi connectivity index (χ1) is 4.20. The normalized spacial score (nSPS) is 26.9. The molecule has 0 N–H and O–H groups in total. The lowest BCUT2D eigenvalue weighted by Crippen LogP contribution is -2.26. The van der Waals surface area contributed by atoms with Gasteiger partial charge in [0.1, 0.15) is 0 Å². The van der Waals surface area contributed by atoms with Crippen LogP contribution in [-0.4, -0.2) is 28.5 Å². The zero-order valence-corrected chi connectivity index (χ0v) is 6.57. The highest BCUT2D eigenvalue weighted by molar-refractivity contribution is 8.00. The van der Waals surface area contributed by atoms with Gasteiger partial charge in [0.15, 0.2) is 0 Å². The van der Waals surface area contributed by atoms with Crippen molar-refractivity contribution in [3.63, 3.8) is 0 Å². The second kappa shape index (κ2) is 2.60. The van der Waals surface area contributed by atoms with Crippen LogP contribution in [0.2, 0.25) is 0 Å². The van der Waals surface area contributed by atoms with E-state index in [1.165, 1.54) is 0 Å². The molecule has 1 aliphatic heterocycles. The van der Waals surface area contributed by atoms with Crippen molar-refractivity contribution in [1.82, 2.24) is 4.90 Å². The van der Waals surface area contributed by atoms with Crippen molar-refractivity contribution in [2.24, 2.45) is 0 Å². The Hall–Kier alpha value is -0.180. The SMILES string of the molecule is CC(=O)N1CSC(C)C1. The molecule has 0 aromatic rings. The first-order valence-corrected chi connectivity index (χ1v) is 4.12. The molecule has 52 valence electrons. The number of thioether (sulfide) groups is 1. The molecule has 3 heteroatoms. The summed E-state index contributed by atoms with van der Waals surface area (Å²) in [5.41, 5.74) is 0. The van der Waals surface area contributed by atoms with Crippen LogP contribution in [0.5, 0.6) is 0 Å². The summed E-state index contributed by atoms with van der Waals surface area (Å²) in [5.74, 6) is 1.09. The number of carbonyl (C=O) groups is 1. The smallest absolute Gasteiger partial charge is 0.220 e. The predicted molar refractivity (Wildman–Crippen MR) is 39.3 cm³/mol. The number of rotatable bonds is 0. The molecule has 1 amide bonds. The van der Waals surface area contributed by atoms with Gasteiger partial charge >= 0.3 is 0 Å². The molecule has 9 heavy (non-hydrogen) atoms. The lowest BCUT2D eigenvalue weighted by molar-refractivity contribution is -0.127. The molecule has 0 spiro atoms. The summed E-state index contributed by atoms with van der Waals surface area (Å²) in [7, 11) is 0. The number of carbonyl (C=O) groups excluding carboxylic acids is 1. The van der Waals surface area contributed by atoms with E-state index in [9.17, 15) is 4.79 Å². The van der Waals surface area contributed by atoms with Gasteiger partial charge < -0.3 is 4.90 Å². The highest BCUT2D eigenvalue weighted by Gasteiger charge is 2.20. The van der Waals surface area contributed by atoms with Crippen molar-refractivity contribution in [2.75, 3.05) is 12.4 Å². The molecule has 0 aliphatic carbocycles. The largest absolute Gasteiger partial charge is 0.333 e. The van der Waals surface area contributed by atoms with E-state index < -0.39 is 0 Å². The van der Waals surface area contributed by atoms with Crippen molar-refractivity contribution >= 4 is 17.7 Å². The van der Waals surface area contributed by atoms with Crippen LogP contribution < -0.4 is 0 Å². The van der Waals surface area contributed by atoms with E-state index in [1.54, 1.807) is 6.92 Å². The third-order valence-electron chi connectivity index (χ3n) is 1.44. The molecule has 2 nitrogen and oxygen atoms in total. The maximum Gasteiger partial charge on any atom is 0.220 e. The number of hydrogen-bond acceptors (Lipinski definition) is 2.